The van der Waals surface area contributed by atoms with Crippen LogP contribution in [-0.4, -0.2) is 0 Å². The van der Waals surface area contributed by atoms with Crippen molar-refractivity contribution in [2.45, 2.75) is 53.4 Å². The van der Waals surface area contributed by atoms with Crippen LogP contribution in [0.15, 0.2) is 65.8 Å². The Bertz CT molecular complexity index is 1860. The fourth-order valence-electron chi connectivity index (χ4n) is 5.50. The maximum atomic E-state index is 15.2. The number of rotatable bonds is 11. The molecule has 0 aliphatic heterocycles. The number of nitrogen functional groups attached to an aromatic ring is 3. The smallest absolute Gasteiger partial charge is 0.142 e. The van der Waals surface area contributed by atoms with Crippen LogP contribution < -0.4 is 17.2 Å². The Kier molecular flexibility index (Phi) is 9.70. The molecule has 2 unspecified atom stereocenters. The lowest BCUT2D eigenvalue weighted by Gasteiger charge is -2.16. The lowest BCUT2D eigenvalue weighted by atomic mass is 9.97. The Balaban J connectivity index is 1.49. The molecule has 0 radical (unpaired) electrons. The molecule has 0 amide bonds. The van der Waals surface area contributed by atoms with Crippen molar-refractivity contribution in [1.29, 1.82) is 0 Å². The van der Waals surface area contributed by atoms with Crippen LogP contribution in [0.5, 0.6) is 0 Å². The summed E-state index contributed by atoms with van der Waals surface area (Å²) in [6, 6.07) is 17.8. The molecular weight excluding hydrogens is 607 g/mol. The highest BCUT2D eigenvalue weighted by molar-refractivity contribution is 7.19. The molecular formula is C36H38F2N4OS2. The average molecular weight is 645 g/mol. The number of hydrogen-bond acceptors (Lipinski definition) is 7. The predicted octanol–water partition coefficient (Wildman–Crippen LogP) is 11.1. The second kappa shape index (κ2) is 13.5. The number of anilines is 3. The highest BCUT2D eigenvalue weighted by Crippen LogP contribution is 2.53. The van der Waals surface area contributed by atoms with E-state index in [2.05, 4.69) is 32.9 Å². The second-order valence-corrected chi connectivity index (χ2v) is 14.0. The van der Waals surface area contributed by atoms with Crippen molar-refractivity contribution in [3.05, 3.63) is 88.3 Å². The van der Waals surface area contributed by atoms with Gasteiger partial charge in [0, 0.05) is 41.8 Å². The summed E-state index contributed by atoms with van der Waals surface area (Å²) in [7, 11) is 0. The van der Waals surface area contributed by atoms with E-state index in [1.165, 1.54) is 22.7 Å². The van der Waals surface area contributed by atoms with Crippen LogP contribution in [0.25, 0.3) is 41.8 Å². The van der Waals surface area contributed by atoms with Gasteiger partial charge in [-0.2, -0.15) is 0 Å². The summed E-state index contributed by atoms with van der Waals surface area (Å²) in [6.45, 7) is 8.54. The van der Waals surface area contributed by atoms with Gasteiger partial charge >= 0.3 is 0 Å². The van der Waals surface area contributed by atoms with Crippen molar-refractivity contribution in [3.63, 3.8) is 0 Å². The molecule has 0 spiro atoms. The van der Waals surface area contributed by atoms with Crippen molar-refractivity contribution >= 4 is 45.4 Å². The van der Waals surface area contributed by atoms with Crippen molar-refractivity contribution < 1.29 is 8.78 Å². The third-order valence-corrected chi connectivity index (χ3v) is 10.8. The SMILES string of the molecule is CCC(C)Cc1ccc(-c2ccc(-c3c(N)c(N)c(-c4ccc(-c5ccc(CC(C)CC)cc5F)s4)c(N=O)c3N)s2)c(F)c1. The van der Waals surface area contributed by atoms with E-state index in [4.69, 9.17) is 17.2 Å². The number of nitroso groups, excluding NO2 is 1. The third-order valence-electron chi connectivity index (χ3n) is 8.55. The molecule has 3 aromatic carbocycles. The minimum absolute atomic E-state index is 0.0370. The first-order valence-corrected chi connectivity index (χ1v) is 16.8. The fourth-order valence-corrected chi connectivity index (χ4v) is 7.70. The number of hydrogen-bond donors (Lipinski definition) is 3. The average Bonchev–Trinajstić information content (AvgIpc) is 3.69. The molecule has 0 aliphatic carbocycles. The zero-order chi connectivity index (χ0) is 32.4. The highest BCUT2D eigenvalue weighted by Gasteiger charge is 2.25. The lowest BCUT2D eigenvalue weighted by molar-refractivity contribution is 0.556. The molecule has 2 atom stereocenters. The number of nitrogens with zero attached hydrogens (tertiary/aromatic N) is 1. The molecule has 234 valence electrons. The Morgan fingerprint density at radius 1 is 0.644 bits per heavy atom. The molecule has 9 heteroatoms. The number of halogens is 2. The Labute approximate surface area is 271 Å². The van der Waals surface area contributed by atoms with Crippen molar-refractivity contribution in [2.75, 3.05) is 17.2 Å². The second-order valence-electron chi connectivity index (χ2n) is 11.8. The van der Waals surface area contributed by atoms with Gasteiger partial charge in [-0.3, -0.25) is 0 Å². The maximum absolute atomic E-state index is 15.2. The molecule has 0 saturated heterocycles. The van der Waals surface area contributed by atoms with Gasteiger partial charge in [-0.25, -0.2) is 8.78 Å². The summed E-state index contributed by atoms with van der Waals surface area (Å²) in [4.78, 5) is 14.8. The molecule has 2 aromatic heterocycles. The Morgan fingerprint density at radius 2 is 1.07 bits per heavy atom. The predicted molar refractivity (Wildman–Crippen MR) is 189 cm³/mol. The molecule has 6 N–H and O–H groups in total. The van der Waals surface area contributed by atoms with E-state index in [1.54, 1.807) is 48.5 Å². The van der Waals surface area contributed by atoms with Gasteiger partial charge in [0.25, 0.3) is 0 Å². The van der Waals surface area contributed by atoms with Crippen LogP contribution in [0.1, 0.15) is 51.7 Å². The van der Waals surface area contributed by atoms with Gasteiger partial charge in [0.2, 0.25) is 0 Å². The van der Waals surface area contributed by atoms with E-state index < -0.39 is 0 Å². The monoisotopic (exact) mass is 644 g/mol. The molecule has 5 rings (SSSR count). The largest absolute Gasteiger partial charge is 0.396 e. The molecule has 0 aliphatic rings. The van der Waals surface area contributed by atoms with Gasteiger partial charge in [0.15, 0.2) is 0 Å². The lowest BCUT2D eigenvalue weighted by Crippen LogP contribution is -2.03. The molecule has 0 fully saturated rings. The minimum atomic E-state index is -0.310. The third kappa shape index (κ3) is 6.51. The van der Waals surface area contributed by atoms with Gasteiger partial charge in [-0.15, -0.1) is 27.6 Å². The minimum Gasteiger partial charge on any atom is -0.396 e. The highest BCUT2D eigenvalue weighted by atomic mass is 32.1. The first-order valence-electron chi connectivity index (χ1n) is 15.2. The van der Waals surface area contributed by atoms with Crippen LogP contribution in [0.2, 0.25) is 0 Å². The van der Waals surface area contributed by atoms with Crippen LogP contribution >= 0.6 is 22.7 Å². The summed E-state index contributed by atoms with van der Waals surface area (Å²) >= 11 is 2.59. The number of nitrogens with two attached hydrogens (primary N) is 3. The summed E-state index contributed by atoms with van der Waals surface area (Å²) in [5.41, 5.74) is 23.6. The summed E-state index contributed by atoms with van der Waals surface area (Å²) in [5, 5.41) is 3.27. The normalized spacial score (nSPS) is 12.8. The van der Waals surface area contributed by atoms with Gasteiger partial charge in [0.05, 0.1) is 17.1 Å². The van der Waals surface area contributed by atoms with E-state index in [0.29, 0.717) is 53.6 Å². The molecule has 0 saturated carbocycles. The molecule has 5 nitrogen and oxygen atoms in total. The van der Waals surface area contributed by atoms with Gasteiger partial charge in [-0.05, 0) is 77.4 Å². The van der Waals surface area contributed by atoms with Crippen LogP contribution in [0, 0.1) is 28.4 Å². The van der Waals surface area contributed by atoms with E-state index in [-0.39, 0.29) is 34.4 Å². The van der Waals surface area contributed by atoms with E-state index in [9.17, 15) is 4.91 Å². The first-order chi connectivity index (χ1) is 21.6. The van der Waals surface area contributed by atoms with Crippen LogP contribution in [0.4, 0.5) is 31.5 Å². The number of thiophene rings is 2. The van der Waals surface area contributed by atoms with Gasteiger partial charge in [-0.1, -0.05) is 64.8 Å². The summed E-state index contributed by atoms with van der Waals surface area (Å²) in [6.07, 6.45) is 3.67. The van der Waals surface area contributed by atoms with Crippen LogP contribution in [0.3, 0.4) is 0 Å². The summed E-state index contributed by atoms with van der Waals surface area (Å²) < 4.78 is 30.4. The van der Waals surface area contributed by atoms with E-state index in [0.717, 1.165) is 36.8 Å². The maximum Gasteiger partial charge on any atom is 0.142 e. The zero-order valence-corrected chi connectivity index (χ0v) is 27.5. The van der Waals surface area contributed by atoms with Gasteiger partial charge in [0.1, 0.15) is 17.3 Å². The van der Waals surface area contributed by atoms with Crippen LogP contribution in [-0.2, 0) is 12.8 Å². The van der Waals surface area contributed by atoms with E-state index >= 15 is 8.78 Å². The van der Waals surface area contributed by atoms with Crippen molar-refractivity contribution in [1.82, 2.24) is 0 Å². The molecule has 0 bridgehead atoms. The quantitative estimate of drug-likeness (QED) is 0.0982. The van der Waals surface area contributed by atoms with Crippen molar-refractivity contribution in [2.24, 2.45) is 17.0 Å². The standard InChI is InChI=1S/C36H38F2N4OS2/c1-5-19(3)15-21-7-9-23(25(37)17-21)27-11-13-29(44-27)31-33(39)34(40)32(36(42-43)35(31)41)30-14-12-28(45-30)24-10-8-22(18-26(24)38)16-20(4)6-2/h7-14,17-20H,5-6,15-16,39-41H2,1-4H3. The first kappa shape index (κ1) is 32.3. The summed E-state index contributed by atoms with van der Waals surface area (Å²) in [5.74, 6) is 0.324. The molecule has 5 aromatic rings. The fraction of sp³-hybridized carbons (Fsp3) is 0.278. The Hall–Kier alpha value is -4.08. The van der Waals surface area contributed by atoms with E-state index in [1.807, 2.05) is 12.1 Å². The molecule has 45 heavy (non-hydrogen) atoms. The molecule has 2 heterocycles. The van der Waals surface area contributed by atoms with Gasteiger partial charge < -0.3 is 17.2 Å². The zero-order valence-electron chi connectivity index (χ0n) is 25.9. The topological polar surface area (TPSA) is 107 Å². The Morgan fingerprint density at radius 3 is 1.49 bits per heavy atom. The van der Waals surface area contributed by atoms with Crippen molar-refractivity contribution in [3.8, 4) is 41.8 Å². The number of benzene rings is 3.